The Balaban J connectivity index is 2.70. The second-order valence-electron chi connectivity index (χ2n) is 4.61. The van der Waals surface area contributed by atoms with Crippen molar-refractivity contribution in [1.82, 2.24) is 15.3 Å². The molecule has 0 bridgehead atoms. The van der Waals surface area contributed by atoms with Gasteiger partial charge in [0.25, 0.3) is 0 Å². The quantitative estimate of drug-likeness (QED) is 0.908. The number of likely N-dealkylation sites (N-methyl/N-ethyl adjacent to an activating group) is 1. The Morgan fingerprint density at radius 1 is 1.40 bits per heavy atom. The summed E-state index contributed by atoms with van der Waals surface area (Å²) < 4.78 is 38.8. The number of para-hydroxylation sites is 1. The molecule has 0 aliphatic rings. The van der Waals surface area contributed by atoms with Gasteiger partial charge in [-0.1, -0.05) is 12.1 Å². The summed E-state index contributed by atoms with van der Waals surface area (Å²) in [5, 5.41) is 3.30. The first-order valence-corrected chi connectivity index (χ1v) is 6.09. The number of rotatable bonds is 3. The van der Waals surface area contributed by atoms with Crippen molar-refractivity contribution in [3.8, 4) is 0 Å². The van der Waals surface area contributed by atoms with Crippen molar-refractivity contribution in [1.29, 1.82) is 0 Å². The van der Waals surface area contributed by atoms with Crippen LogP contribution in [-0.4, -0.2) is 23.1 Å². The number of halogens is 3. The number of aromatic amines is 1. The summed E-state index contributed by atoms with van der Waals surface area (Å²) in [6.07, 6.45) is -4.13. The highest BCUT2D eigenvalue weighted by atomic mass is 19.4. The van der Waals surface area contributed by atoms with Crippen LogP contribution in [0, 0.1) is 0 Å². The maximum Gasteiger partial charge on any atom is 0.418 e. The number of hydrogen-bond donors (Lipinski definition) is 2. The molecule has 0 fully saturated rings. The van der Waals surface area contributed by atoms with E-state index in [4.69, 9.17) is 0 Å². The Morgan fingerprint density at radius 3 is 2.70 bits per heavy atom. The number of fused-ring (bicyclic) bond motifs is 1. The predicted octanol–water partition coefficient (Wildman–Crippen LogP) is 2.09. The van der Waals surface area contributed by atoms with Crippen LogP contribution in [0.2, 0.25) is 0 Å². The van der Waals surface area contributed by atoms with Crippen LogP contribution in [0.4, 0.5) is 13.2 Å². The molecule has 2 rings (SSSR count). The molecule has 0 aliphatic carbocycles. The molecule has 0 radical (unpaired) electrons. The second kappa shape index (κ2) is 5.24. The molecule has 1 atom stereocenters. The van der Waals surface area contributed by atoms with Crippen molar-refractivity contribution < 1.29 is 13.2 Å². The van der Waals surface area contributed by atoms with E-state index in [1.165, 1.54) is 12.1 Å². The molecular formula is C13H14F3N3O. The number of benzene rings is 1. The molecule has 2 N–H and O–H groups in total. The van der Waals surface area contributed by atoms with E-state index in [1.807, 2.05) is 6.92 Å². The molecule has 0 saturated carbocycles. The third kappa shape index (κ3) is 2.82. The molecular weight excluding hydrogens is 271 g/mol. The molecule has 1 unspecified atom stereocenters. The molecule has 108 valence electrons. The molecule has 0 saturated heterocycles. The van der Waals surface area contributed by atoms with Crippen molar-refractivity contribution in [2.24, 2.45) is 0 Å². The van der Waals surface area contributed by atoms with Gasteiger partial charge in [0.1, 0.15) is 0 Å². The summed E-state index contributed by atoms with van der Waals surface area (Å²) in [5.74, 6) is 0. The number of alkyl halides is 3. The molecule has 0 amide bonds. The Hall–Kier alpha value is -1.89. The first kappa shape index (κ1) is 14.5. The zero-order valence-electron chi connectivity index (χ0n) is 11.0. The van der Waals surface area contributed by atoms with E-state index in [1.54, 1.807) is 7.05 Å². The lowest BCUT2D eigenvalue weighted by atomic mass is 10.0. The summed E-state index contributed by atoms with van der Waals surface area (Å²) >= 11 is 0. The minimum absolute atomic E-state index is 0.0193. The molecule has 0 spiro atoms. The number of hydrogen-bond acceptors (Lipinski definition) is 3. The standard InChI is InChI=1S/C13H14F3N3O/c1-7(17-2)6-10-8-4-3-5-9(13(14,15)16)11(8)19-12(20)18-10/h3-5,7,17H,6H2,1-2H3,(H,18,19,20). The first-order valence-electron chi connectivity index (χ1n) is 6.09. The average molecular weight is 285 g/mol. The molecule has 0 aliphatic heterocycles. The Labute approximate surface area is 113 Å². The minimum atomic E-state index is -4.54. The SMILES string of the molecule is CNC(C)Cc1[nH]c(=O)nc2c(C(F)(F)F)cccc12. The zero-order valence-corrected chi connectivity index (χ0v) is 11.0. The third-order valence-electron chi connectivity index (χ3n) is 3.14. The van der Waals surface area contributed by atoms with Crippen molar-refractivity contribution in [3.63, 3.8) is 0 Å². The van der Waals surface area contributed by atoms with Crippen molar-refractivity contribution >= 4 is 10.9 Å². The normalized spacial score (nSPS) is 13.7. The number of nitrogens with one attached hydrogen (secondary N) is 2. The van der Waals surface area contributed by atoms with Gasteiger partial charge in [-0.15, -0.1) is 0 Å². The fourth-order valence-electron chi connectivity index (χ4n) is 2.03. The summed E-state index contributed by atoms with van der Waals surface area (Å²) in [4.78, 5) is 17.5. The van der Waals surface area contributed by atoms with E-state index in [0.29, 0.717) is 17.5 Å². The van der Waals surface area contributed by atoms with Crippen LogP contribution in [0.3, 0.4) is 0 Å². The molecule has 1 heterocycles. The number of H-pyrrole nitrogens is 1. The lowest BCUT2D eigenvalue weighted by molar-refractivity contribution is -0.136. The average Bonchev–Trinajstić information content (AvgIpc) is 2.36. The van der Waals surface area contributed by atoms with Crippen molar-refractivity contribution in [3.05, 3.63) is 39.9 Å². The van der Waals surface area contributed by atoms with E-state index < -0.39 is 17.4 Å². The number of aromatic nitrogens is 2. The van der Waals surface area contributed by atoms with Gasteiger partial charge in [0.2, 0.25) is 0 Å². The van der Waals surface area contributed by atoms with Crippen LogP contribution in [0.25, 0.3) is 10.9 Å². The second-order valence-corrected chi connectivity index (χ2v) is 4.61. The van der Waals surface area contributed by atoms with Gasteiger partial charge < -0.3 is 10.3 Å². The van der Waals surface area contributed by atoms with Crippen molar-refractivity contribution in [2.75, 3.05) is 7.05 Å². The van der Waals surface area contributed by atoms with Crippen LogP contribution in [0.15, 0.2) is 23.0 Å². The summed E-state index contributed by atoms with van der Waals surface area (Å²) in [7, 11) is 1.74. The van der Waals surface area contributed by atoms with Gasteiger partial charge in [0.15, 0.2) is 0 Å². The molecule has 1 aromatic carbocycles. The molecule has 7 heteroatoms. The fourth-order valence-corrected chi connectivity index (χ4v) is 2.03. The lowest BCUT2D eigenvalue weighted by Crippen LogP contribution is -2.26. The maximum absolute atomic E-state index is 12.9. The van der Waals surface area contributed by atoms with Gasteiger partial charge >= 0.3 is 11.9 Å². The first-order chi connectivity index (χ1) is 9.32. The fraction of sp³-hybridized carbons (Fsp3) is 0.385. The largest absolute Gasteiger partial charge is 0.418 e. The minimum Gasteiger partial charge on any atom is -0.317 e. The van der Waals surface area contributed by atoms with Crippen LogP contribution < -0.4 is 11.0 Å². The molecule has 20 heavy (non-hydrogen) atoms. The third-order valence-corrected chi connectivity index (χ3v) is 3.14. The highest BCUT2D eigenvalue weighted by Gasteiger charge is 2.33. The summed E-state index contributed by atoms with van der Waals surface area (Å²) in [5.41, 5.74) is -1.51. The monoisotopic (exact) mass is 285 g/mol. The van der Waals surface area contributed by atoms with Crippen LogP contribution in [0.5, 0.6) is 0 Å². The van der Waals surface area contributed by atoms with E-state index in [9.17, 15) is 18.0 Å². The van der Waals surface area contributed by atoms with Crippen LogP contribution in [0.1, 0.15) is 18.2 Å². The van der Waals surface area contributed by atoms with Gasteiger partial charge in [-0.3, -0.25) is 0 Å². The highest BCUT2D eigenvalue weighted by Crippen LogP contribution is 2.33. The van der Waals surface area contributed by atoms with E-state index in [-0.39, 0.29) is 11.6 Å². The number of nitrogens with zero attached hydrogens (tertiary/aromatic N) is 1. The van der Waals surface area contributed by atoms with E-state index in [2.05, 4.69) is 15.3 Å². The van der Waals surface area contributed by atoms with Gasteiger partial charge in [0.05, 0.1) is 11.1 Å². The van der Waals surface area contributed by atoms with Gasteiger partial charge in [-0.25, -0.2) is 4.79 Å². The topological polar surface area (TPSA) is 57.8 Å². The van der Waals surface area contributed by atoms with E-state index >= 15 is 0 Å². The summed E-state index contributed by atoms with van der Waals surface area (Å²) in [6.45, 7) is 1.87. The van der Waals surface area contributed by atoms with E-state index in [0.717, 1.165) is 6.07 Å². The summed E-state index contributed by atoms with van der Waals surface area (Å²) in [6, 6.07) is 3.80. The maximum atomic E-state index is 12.9. The Morgan fingerprint density at radius 2 is 2.10 bits per heavy atom. The smallest absolute Gasteiger partial charge is 0.317 e. The lowest BCUT2D eigenvalue weighted by Gasteiger charge is -2.14. The molecule has 2 aromatic rings. The molecule has 4 nitrogen and oxygen atoms in total. The highest BCUT2D eigenvalue weighted by molar-refractivity contribution is 5.84. The van der Waals surface area contributed by atoms with Crippen molar-refractivity contribution in [2.45, 2.75) is 25.6 Å². The Kier molecular flexibility index (Phi) is 3.80. The zero-order chi connectivity index (χ0) is 14.9. The Bertz CT molecular complexity index is 679. The molecule has 1 aromatic heterocycles. The predicted molar refractivity (Wildman–Crippen MR) is 69.6 cm³/mol. The van der Waals surface area contributed by atoms with Gasteiger partial charge in [-0.2, -0.15) is 18.2 Å². The van der Waals surface area contributed by atoms with Crippen LogP contribution in [-0.2, 0) is 12.6 Å². The van der Waals surface area contributed by atoms with Gasteiger partial charge in [-0.05, 0) is 20.0 Å². The van der Waals surface area contributed by atoms with Gasteiger partial charge in [0, 0.05) is 23.5 Å². The van der Waals surface area contributed by atoms with Crippen LogP contribution >= 0.6 is 0 Å².